The van der Waals surface area contributed by atoms with Crippen LogP contribution in [0, 0.1) is 0 Å². The highest BCUT2D eigenvalue weighted by Gasteiger charge is 2.45. The third-order valence-electron chi connectivity index (χ3n) is 2.95. The molecule has 1 aromatic rings. The predicted octanol–water partition coefficient (Wildman–Crippen LogP) is 1.95. The number of nitrogens with zero attached hydrogens (tertiary/aromatic N) is 2. The van der Waals surface area contributed by atoms with E-state index in [2.05, 4.69) is 5.10 Å². The van der Waals surface area contributed by atoms with Crippen molar-refractivity contribution in [3.8, 4) is 0 Å². The van der Waals surface area contributed by atoms with Crippen LogP contribution in [0.1, 0.15) is 12.5 Å². The molecule has 1 aliphatic heterocycles. The van der Waals surface area contributed by atoms with Crippen LogP contribution in [-0.4, -0.2) is 22.6 Å². The van der Waals surface area contributed by atoms with Gasteiger partial charge in [-0.3, -0.25) is 0 Å². The van der Waals surface area contributed by atoms with Gasteiger partial charge in [0.05, 0.1) is 14.0 Å². The van der Waals surface area contributed by atoms with E-state index in [1.165, 1.54) is 11.8 Å². The number of carbonyl (C=O) groups is 1. The largest absolute Gasteiger partial charge is 0.322 e. The predicted molar refractivity (Wildman–Crippen MR) is 70.5 cm³/mol. The number of hydrogen-bond donors (Lipinski definition) is 1. The van der Waals surface area contributed by atoms with Crippen LogP contribution in [0.25, 0.3) is 5.70 Å². The first-order chi connectivity index (χ1) is 8.10. The van der Waals surface area contributed by atoms with Gasteiger partial charge < -0.3 is 5.84 Å². The highest BCUT2D eigenvalue weighted by molar-refractivity contribution is 8.16. The minimum Gasteiger partial charge on any atom is -0.317 e. The smallest absolute Gasteiger partial charge is 0.317 e. The summed E-state index contributed by atoms with van der Waals surface area (Å²) >= 11 is 1.39. The van der Waals surface area contributed by atoms with Crippen LogP contribution in [0.5, 0.6) is 0 Å². The Morgan fingerprint density at radius 1 is 1.35 bits per heavy atom. The van der Waals surface area contributed by atoms with Crippen molar-refractivity contribution in [2.24, 2.45) is 10.9 Å². The molecule has 1 heterocycles. The van der Waals surface area contributed by atoms with Crippen molar-refractivity contribution < 1.29 is 9.28 Å². The number of hydrazone groups is 1. The van der Waals surface area contributed by atoms with E-state index in [0.717, 1.165) is 11.3 Å². The molecule has 1 unspecified atom stereocenters. The Balaban J connectivity index is 2.53. The third-order valence-corrected chi connectivity index (χ3v) is 3.97. The molecule has 2 rings (SSSR count). The number of amidine groups is 1. The standard InChI is InChI=1S/C12H14N3OS/c1-9(16)15(2)11(8-17-12(15)14-13)10-6-4-3-5-7-10/h3-8H,13H2,1-2H3/q+1. The Bertz CT molecular complexity index is 510. The van der Waals surface area contributed by atoms with Gasteiger partial charge in [0.15, 0.2) is 5.70 Å². The number of amides is 1. The molecule has 0 spiro atoms. The first kappa shape index (κ1) is 11.9. The lowest BCUT2D eigenvalue weighted by atomic mass is 10.1. The summed E-state index contributed by atoms with van der Waals surface area (Å²) in [5.74, 6) is 5.35. The fourth-order valence-corrected chi connectivity index (χ4v) is 2.87. The van der Waals surface area contributed by atoms with Crippen molar-refractivity contribution >= 4 is 28.5 Å². The van der Waals surface area contributed by atoms with Gasteiger partial charge in [0.25, 0.3) is 5.17 Å². The first-order valence-electron chi connectivity index (χ1n) is 5.19. The zero-order valence-corrected chi connectivity index (χ0v) is 10.6. The monoisotopic (exact) mass is 248 g/mol. The molecule has 1 amide bonds. The van der Waals surface area contributed by atoms with Gasteiger partial charge >= 0.3 is 5.91 Å². The Labute approximate surface area is 104 Å². The van der Waals surface area contributed by atoms with Crippen LogP contribution in [0.3, 0.4) is 0 Å². The van der Waals surface area contributed by atoms with Crippen LogP contribution >= 0.6 is 11.8 Å². The second kappa shape index (κ2) is 4.35. The van der Waals surface area contributed by atoms with Crippen molar-refractivity contribution in [2.75, 3.05) is 7.05 Å². The average molecular weight is 248 g/mol. The number of nitrogens with two attached hydrogens (primary N) is 1. The summed E-state index contributed by atoms with van der Waals surface area (Å²) in [7, 11) is 1.81. The molecule has 1 aromatic carbocycles. The number of rotatable bonds is 1. The van der Waals surface area contributed by atoms with Crippen LogP contribution in [-0.2, 0) is 4.79 Å². The van der Waals surface area contributed by atoms with Crippen molar-refractivity contribution in [2.45, 2.75) is 6.92 Å². The zero-order chi connectivity index (χ0) is 12.5. The molecule has 0 bridgehead atoms. The van der Waals surface area contributed by atoms with Crippen LogP contribution in [0.15, 0.2) is 40.8 Å². The fourth-order valence-electron chi connectivity index (χ4n) is 1.81. The van der Waals surface area contributed by atoms with Gasteiger partial charge in [-0.15, -0.1) is 5.10 Å². The van der Waals surface area contributed by atoms with E-state index in [0.29, 0.717) is 5.17 Å². The molecule has 4 nitrogen and oxygen atoms in total. The van der Waals surface area contributed by atoms with Crippen LogP contribution in [0.4, 0.5) is 0 Å². The Morgan fingerprint density at radius 2 is 2.00 bits per heavy atom. The van der Waals surface area contributed by atoms with Crippen molar-refractivity contribution in [3.05, 3.63) is 41.3 Å². The lowest BCUT2D eigenvalue weighted by molar-refractivity contribution is -0.654. The van der Waals surface area contributed by atoms with Gasteiger partial charge in [0, 0.05) is 11.0 Å². The van der Waals surface area contributed by atoms with E-state index in [-0.39, 0.29) is 10.4 Å². The summed E-state index contributed by atoms with van der Waals surface area (Å²) in [6.07, 6.45) is 0. The number of hydrogen-bond acceptors (Lipinski definition) is 4. The first-order valence-corrected chi connectivity index (χ1v) is 6.07. The highest BCUT2D eigenvalue weighted by atomic mass is 32.2. The van der Waals surface area contributed by atoms with Gasteiger partial charge in [-0.1, -0.05) is 18.2 Å². The van der Waals surface area contributed by atoms with E-state index in [1.807, 2.05) is 42.8 Å². The van der Waals surface area contributed by atoms with Crippen LogP contribution in [0.2, 0.25) is 0 Å². The van der Waals surface area contributed by atoms with Crippen molar-refractivity contribution in [3.63, 3.8) is 0 Å². The number of thioether (sulfide) groups is 1. The second-order valence-electron chi connectivity index (χ2n) is 3.92. The Hall–Kier alpha value is -1.59. The average Bonchev–Trinajstić information content (AvgIpc) is 2.68. The Morgan fingerprint density at radius 3 is 2.53 bits per heavy atom. The maximum atomic E-state index is 11.9. The molecular formula is C12H14N3OS+. The molecular weight excluding hydrogens is 234 g/mol. The van der Waals surface area contributed by atoms with E-state index >= 15 is 0 Å². The molecule has 0 saturated carbocycles. The number of benzene rings is 1. The molecule has 2 N–H and O–H groups in total. The molecule has 1 atom stereocenters. The van der Waals surface area contributed by atoms with Crippen LogP contribution < -0.4 is 5.84 Å². The SMILES string of the molecule is CC(=O)[N+]1(C)C(c2ccccc2)=CSC1=NN. The summed E-state index contributed by atoms with van der Waals surface area (Å²) in [6, 6.07) is 9.80. The third kappa shape index (κ3) is 1.77. The van der Waals surface area contributed by atoms with Gasteiger partial charge in [0.1, 0.15) is 0 Å². The lowest BCUT2D eigenvalue weighted by Gasteiger charge is -2.26. The molecule has 0 radical (unpaired) electrons. The molecule has 0 aliphatic carbocycles. The number of carbonyl (C=O) groups excluding carboxylic acids is 1. The summed E-state index contributed by atoms with van der Waals surface area (Å²) in [5.41, 5.74) is 1.92. The van der Waals surface area contributed by atoms with E-state index < -0.39 is 0 Å². The topological polar surface area (TPSA) is 55.5 Å². The molecule has 17 heavy (non-hydrogen) atoms. The summed E-state index contributed by atoms with van der Waals surface area (Å²) in [6.45, 7) is 1.55. The zero-order valence-electron chi connectivity index (χ0n) is 9.75. The minimum absolute atomic E-state index is 0.00527. The van der Waals surface area contributed by atoms with Crippen molar-refractivity contribution in [1.82, 2.24) is 0 Å². The highest BCUT2D eigenvalue weighted by Crippen LogP contribution is 2.38. The summed E-state index contributed by atoms with van der Waals surface area (Å²) in [5, 5.41) is 6.24. The quantitative estimate of drug-likeness (QED) is 0.469. The molecule has 5 heteroatoms. The molecule has 0 aromatic heterocycles. The molecule has 0 saturated heterocycles. The molecule has 88 valence electrons. The van der Waals surface area contributed by atoms with Gasteiger partial charge in [-0.2, -0.15) is 4.48 Å². The maximum absolute atomic E-state index is 11.9. The van der Waals surface area contributed by atoms with Crippen molar-refractivity contribution in [1.29, 1.82) is 0 Å². The minimum atomic E-state index is -0.00527. The summed E-state index contributed by atoms with van der Waals surface area (Å²) < 4.78 is 0.0329. The second-order valence-corrected chi connectivity index (χ2v) is 4.76. The van der Waals surface area contributed by atoms with E-state index in [1.54, 1.807) is 6.92 Å². The van der Waals surface area contributed by atoms with E-state index in [9.17, 15) is 4.79 Å². The van der Waals surface area contributed by atoms with E-state index in [4.69, 9.17) is 5.84 Å². The Kier molecular flexibility index (Phi) is 3.04. The maximum Gasteiger partial charge on any atom is 0.322 e. The molecule has 0 fully saturated rings. The number of quaternary nitrogens is 1. The van der Waals surface area contributed by atoms with Gasteiger partial charge in [-0.05, 0) is 23.9 Å². The van der Waals surface area contributed by atoms with Gasteiger partial charge in [0.2, 0.25) is 0 Å². The van der Waals surface area contributed by atoms with Gasteiger partial charge in [-0.25, -0.2) is 4.79 Å². The summed E-state index contributed by atoms with van der Waals surface area (Å²) in [4.78, 5) is 11.9. The normalized spacial score (nSPS) is 26.0. The fraction of sp³-hybridized carbons (Fsp3) is 0.167. The molecule has 1 aliphatic rings. The lowest BCUT2D eigenvalue weighted by Crippen LogP contribution is -2.47.